The van der Waals surface area contributed by atoms with E-state index in [1.807, 2.05) is 25.1 Å². The number of aryl methyl sites for hydroxylation is 1. The largest absolute Gasteiger partial charge is 0.345 e. The number of halogens is 2. The van der Waals surface area contributed by atoms with E-state index < -0.39 is 11.7 Å². The molecule has 10 heteroatoms. The van der Waals surface area contributed by atoms with Crippen molar-refractivity contribution in [2.45, 2.75) is 25.2 Å². The monoisotopic (exact) mass is 565 g/mol. The summed E-state index contributed by atoms with van der Waals surface area (Å²) in [6.07, 6.45) is 1.67. The van der Waals surface area contributed by atoms with Gasteiger partial charge in [-0.3, -0.25) is 9.59 Å². The Morgan fingerprint density at radius 1 is 1.25 bits per heavy atom. The van der Waals surface area contributed by atoms with Gasteiger partial charge < -0.3 is 15.2 Å². The van der Waals surface area contributed by atoms with Crippen molar-refractivity contribution in [1.29, 1.82) is 0 Å². The third kappa shape index (κ3) is 6.16. The fraction of sp³-hybridized carbons (Fsp3) is 0.182. The maximum atomic E-state index is 13.8. The number of hydrogen-bond acceptors (Lipinski definition) is 5. The second kappa shape index (κ2) is 11.2. The topological polar surface area (TPSA) is 88.9 Å². The number of aromatic nitrogens is 3. The van der Waals surface area contributed by atoms with Crippen LogP contribution in [0.2, 0.25) is 0 Å². The molecule has 3 aromatic rings. The van der Waals surface area contributed by atoms with E-state index in [9.17, 15) is 14.0 Å². The molecule has 0 aliphatic carbocycles. The third-order valence-corrected chi connectivity index (χ3v) is 6.06. The van der Waals surface area contributed by atoms with Crippen LogP contribution in [-0.4, -0.2) is 32.3 Å². The van der Waals surface area contributed by atoms with E-state index in [0.717, 1.165) is 14.8 Å². The Kier molecular flexibility index (Phi) is 8.39. The molecule has 3 rings (SSSR count). The minimum absolute atomic E-state index is 0.0422. The number of thioether (sulfide) groups is 1. The van der Waals surface area contributed by atoms with Crippen molar-refractivity contribution in [2.24, 2.45) is 0 Å². The van der Waals surface area contributed by atoms with Gasteiger partial charge in [-0.15, -0.1) is 16.8 Å². The van der Waals surface area contributed by atoms with Crippen molar-refractivity contribution in [3.05, 3.63) is 81.5 Å². The Balaban J connectivity index is 1.62. The second-order valence-corrected chi connectivity index (χ2v) is 8.94. The van der Waals surface area contributed by atoms with E-state index in [1.165, 1.54) is 30.0 Å². The van der Waals surface area contributed by atoms with Crippen LogP contribution in [0.25, 0.3) is 0 Å². The van der Waals surface area contributed by atoms with Crippen molar-refractivity contribution in [2.75, 3.05) is 11.1 Å². The number of nitrogens with one attached hydrogen (secondary N) is 2. The molecule has 32 heavy (non-hydrogen) atoms. The van der Waals surface area contributed by atoms with Gasteiger partial charge in [0.25, 0.3) is 5.91 Å². The molecule has 0 saturated carbocycles. The van der Waals surface area contributed by atoms with E-state index in [2.05, 4.69) is 50.0 Å². The van der Waals surface area contributed by atoms with Crippen molar-refractivity contribution in [3.63, 3.8) is 0 Å². The molecule has 0 bridgehead atoms. The number of anilines is 1. The van der Waals surface area contributed by atoms with Crippen LogP contribution in [0.15, 0.2) is 60.3 Å². The summed E-state index contributed by atoms with van der Waals surface area (Å²) in [7, 11) is 0. The lowest BCUT2D eigenvalue weighted by molar-refractivity contribution is -0.113. The van der Waals surface area contributed by atoms with E-state index in [0.29, 0.717) is 17.5 Å². The number of benzene rings is 2. The highest BCUT2D eigenvalue weighted by molar-refractivity contribution is 14.1. The fourth-order valence-corrected chi connectivity index (χ4v) is 4.27. The molecule has 2 N–H and O–H groups in total. The highest BCUT2D eigenvalue weighted by Gasteiger charge is 2.16. The molecule has 0 unspecified atom stereocenters. The maximum absolute atomic E-state index is 13.8. The molecule has 0 aliphatic heterocycles. The molecule has 166 valence electrons. The SMILES string of the molecule is C=CCn1c(CNC(=O)c2ccccc2F)nnc1SCC(=O)Nc1ccc(I)cc1C. The Morgan fingerprint density at radius 2 is 2.03 bits per heavy atom. The van der Waals surface area contributed by atoms with Gasteiger partial charge in [-0.2, -0.15) is 0 Å². The first-order chi connectivity index (χ1) is 15.4. The van der Waals surface area contributed by atoms with Gasteiger partial charge in [0.05, 0.1) is 17.9 Å². The van der Waals surface area contributed by atoms with Crippen LogP contribution >= 0.6 is 34.4 Å². The van der Waals surface area contributed by atoms with Crippen molar-refractivity contribution >= 4 is 51.9 Å². The molecule has 0 spiro atoms. The summed E-state index contributed by atoms with van der Waals surface area (Å²) in [5, 5.41) is 14.3. The van der Waals surface area contributed by atoms with Crippen molar-refractivity contribution in [1.82, 2.24) is 20.1 Å². The van der Waals surface area contributed by atoms with Crippen LogP contribution in [0.1, 0.15) is 21.7 Å². The molecular formula is C22H21FIN5O2S. The Hall–Kier alpha value is -2.73. The zero-order valence-corrected chi connectivity index (χ0v) is 20.2. The van der Waals surface area contributed by atoms with Gasteiger partial charge >= 0.3 is 0 Å². The molecule has 0 saturated heterocycles. The minimum atomic E-state index is -0.594. The number of amides is 2. The number of carbonyl (C=O) groups excluding carboxylic acids is 2. The lowest BCUT2D eigenvalue weighted by Crippen LogP contribution is -2.25. The lowest BCUT2D eigenvalue weighted by Gasteiger charge is -2.10. The third-order valence-electron chi connectivity index (χ3n) is 4.43. The van der Waals surface area contributed by atoms with Crippen LogP contribution in [0.3, 0.4) is 0 Å². The number of hydrogen-bond donors (Lipinski definition) is 2. The highest BCUT2D eigenvalue weighted by atomic mass is 127. The average molecular weight is 565 g/mol. The van der Waals surface area contributed by atoms with E-state index >= 15 is 0 Å². The first-order valence-corrected chi connectivity index (χ1v) is 11.7. The standard InChI is InChI=1S/C22H21FIN5O2S/c1-3-10-29-19(12-25-21(31)16-6-4-5-7-17(16)23)27-28-22(29)32-13-20(30)26-18-9-8-15(24)11-14(18)2/h3-9,11H,1,10,12-13H2,2H3,(H,25,31)(H,26,30). The maximum Gasteiger partial charge on any atom is 0.254 e. The lowest BCUT2D eigenvalue weighted by atomic mass is 10.2. The van der Waals surface area contributed by atoms with Crippen LogP contribution in [0.4, 0.5) is 10.1 Å². The fourth-order valence-electron chi connectivity index (χ4n) is 2.85. The van der Waals surface area contributed by atoms with Crippen LogP contribution in [-0.2, 0) is 17.9 Å². The number of nitrogens with zero attached hydrogens (tertiary/aromatic N) is 3. The van der Waals surface area contributed by atoms with Gasteiger partial charge in [0.1, 0.15) is 5.82 Å². The van der Waals surface area contributed by atoms with Gasteiger partial charge in [-0.25, -0.2) is 4.39 Å². The smallest absolute Gasteiger partial charge is 0.254 e. The molecule has 0 fully saturated rings. The number of rotatable bonds is 9. The molecule has 0 atom stereocenters. The highest BCUT2D eigenvalue weighted by Crippen LogP contribution is 2.20. The molecule has 7 nitrogen and oxygen atoms in total. The molecule has 2 aromatic carbocycles. The Labute approximate surface area is 203 Å². The number of allylic oxidation sites excluding steroid dienone is 1. The van der Waals surface area contributed by atoms with E-state index in [1.54, 1.807) is 16.7 Å². The first-order valence-electron chi connectivity index (χ1n) is 9.63. The number of carbonyl (C=O) groups is 2. The summed E-state index contributed by atoms with van der Waals surface area (Å²) in [4.78, 5) is 24.7. The minimum Gasteiger partial charge on any atom is -0.345 e. The average Bonchev–Trinajstić information content (AvgIpc) is 3.15. The first kappa shape index (κ1) is 23.9. The molecular weight excluding hydrogens is 544 g/mol. The quantitative estimate of drug-likeness (QED) is 0.231. The summed E-state index contributed by atoms with van der Waals surface area (Å²) in [6.45, 7) is 6.13. The summed E-state index contributed by atoms with van der Waals surface area (Å²) in [5.74, 6) is -0.684. The van der Waals surface area contributed by atoms with Gasteiger partial charge in [0.2, 0.25) is 5.91 Å². The van der Waals surface area contributed by atoms with Gasteiger partial charge in [-0.1, -0.05) is 30.0 Å². The predicted molar refractivity (Wildman–Crippen MR) is 131 cm³/mol. The molecule has 1 aromatic heterocycles. The molecule has 0 radical (unpaired) electrons. The summed E-state index contributed by atoms with van der Waals surface area (Å²) < 4.78 is 16.6. The molecule has 0 aliphatic rings. The normalized spacial score (nSPS) is 10.6. The zero-order valence-electron chi connectivity index (χ0n) is 17.3. The molecule has 1 heterocycles. The molecule has 2 amide bonds. The Bertz CT molecular complexity index is 1150. The van der Waals surface area contributed by atoms with Gasteiger partial charge in [-0.05, 0) is 65.4 Å². The van der Waals surface area contributed by atoms with E-state index in [-0.39, 0.29) is 23.8 Å². The second-order valence-electron chi connectivity index (χ2n) is 6.76. The van der Waals surface area contributed by atoms with Crippen molar-refractivity contribution in [3.8, 4) is 0 Å². The summed E-state index contributed by atoms with van der Waals surface area (Å²) in [6, 6.07) is 11.5. The van der Waals surface area contributed by atoms with Crippen LogP contribution in [0, 0.1) is 16.3 Å². The van der Waals surface area contributed by atoms with E-state index in [4.69, 9.17) is 0 Å². The van der Waals surface area contributed by atoms with Crippen LogP contribution < -0.4 is 10.6 Å². The Morgan fingerprint density at radius 3 is 2.75 bits per heavy atom. The van der Waals surface area contributed by atoms with Gasteiger partial charge in [0, 0.05) is 15.8 Å². The predicted octanol–water partition coefficient (Wildman–Crippen LogP) is 4.18. The summed E-state index contributed by atoms with van der Waals surface area (Å²) >= 11 is 3.45. The van der Waals surface area contributed by atoms with Crippen LogP contribution in [0.5, 0.6) is 0 Å². The van der Waals surface area contributed by atoms with Crippen molar-refractivity contribution < 1.29 is 14.0 Å². The zero-order chi connectivity index (χ0) is 23.1. The summed E-state index contributed by atoms with van der Waals surface area (Å²) in [5.41, 5.74) is 1.71. The van der Waals surface area contributed by atoms with Gasteiger partial charge in [0.15, 0.2) is 11.0 Å².